The highest BCUT2D eigenvalue weighted by molar-refractivity contribution is 5.28. The molecule has 1 unspecified atom stereocenters. The average molecular weight is 316 g/mol. The van der Waals surface area contributed by atoms with Gasteiger partial charge >= 0.3 is 0 Å². The lowest BCUT2D eigenvalue weighted by Gasteiger charge is -2.10. The van der Waals surface area contributed by atoms with Gasteiger partial charge in [-0.15, -0.1) is 6.58 Å². The van der Waals surface area contributed by atoms with Gasteiger partial charge in [-0.25, -0.2) is 0 Å². The zero-order valence-electron chi connectivity index (χ0n) is 14.7. The van der Waals surface area contributed by atoms with Crippen LogP contribution in [0.4, 0.5) is 0 Å². The standard InChI is InChI=1S/C21H32O2/c1-3-4-5-6-7-8-9-10-11-13-19-14-12-15-20(16-19)22-17-21(2)18-23-21/h3,12,14-16H,1,4-11,13,17-18H2,2H3. The summed E-state index contributed by atoms with van der Waals surface area (Å²) in [6.45, 7) is 7.33. The molecule has 0 spiro atoms. The first-order valence-electron chi connectivity index (χ1n) is 9.18. The summed E-state index contributed by atoms with van der Waals surface area (Å²) in [5.74, 6) is 0.974. The van der Waals surface area contributed by atoms with E-state index >= 15 is 0 Å². The minimum absolute atomic E-state index is 0.0400. The number of allylic oxidation sites excluding steroid dienone is 1. The maximum atomic E-state index is 5.83. The molecule has 2 heteroatoms. The predicted octanol–water partition coefficient (Wildman–Crippen LogP) is 5.70. The normalized spacial score (nSPS) is 19.5. The van der Waals surface area contributed by atoms with Gasteiger partial charge in [-0.05, 0) is 50.3 Å². The number of ether oxygens (including phenoxy) is 2. The van der Waals surface area contributed by atoms with Crippen molar-refractivity contribution in [3.05, 3.63) is 42.5 Å². The molecule has 1 aliphatic heterocycles. The van der Waals surface area contributed by atoms with E-state index in [1.807, 2.05) is 12.1 Å². The second-order valence-electron chi connectivity index (χ2n) is 6.98. The molecule has 1 aliphatic rings. The summed E-state index contributed by atoms with van der Waals surface area (Å²) in [7, 11) is 0. The summed E-state index contributed by atoms with van der Waals surface area (Å²) in [6, 6.07) is 8.53. The lowest BCUT2D eigenvalue weighted by Crippen LogP contribution is -2.16. The van der Waals surface area contributed by atoms with E-state index in [1.54, 1.807) is 0 Å². The molecule has 1 atom stereocenters. The van der Waals surface area contributed by atoms with E-state index in [0.29, 0.717) is 6.61 Å². The average Bonchev–Trinajstić information content (AvgIpc) is 3.30. The fourth-order valence-corrected chi connectivity index (χ4v) is 2.73. The van der Waals surface area contributed by atoms with E-state index in [4.69, 9.17) is 9.47 Å². The van der Waals surface area contributed by atoms with Gasteiger partial charge in [-0.1, -0.05) is 50.3 Å². The molecule has 0 N–H and O–H groups in total. The molecule has 0 radical (unpaired) electrons. The van der Waals surface area contributed by atoms with Crippen molar-refractivity contribution < 1.29 is 9.47 Å². The fourth-order valence-electron chi connectivity index (χ4n) is 2.73. The number of unbranched alkanes of at least 4 members (excludes halogenated alkanes) is 7. The van der Waals surface area contributed by atoms with Crippen LogP contribution in [0, 0.1) is 0 Å². The number of hydrogen-bond donors (Lipinski definition) is 0. The van der Waals surface area contributed by atoms with Crippen LogP contribution in [0.15, 0.2) is 36.9 Å². The van der Waals surface area contributed by atoms with E-state index in [9.17, 15) is 0 Å². The molecule has 2 rings (SSSR count). The van der Waals surface area contributed by atoms with Crippen molar-refractivity contribution in [3.63, 3.8) is 0 Å². The van der Waals surface area contributed by atoms with Gasteiger partial charge in [0.1, 0.15) is 18.0 Å². The SMILES string of the molecule is C=CCCCCCCCCCc1cccc(OCC2(C)CO2)c1. The molecule has 2 nitrogen and oxygen atoms in total. The summed E-state index contributed by atoms with van der Waals surface area (Å²) in [5.41, 5.74) is 1.34. The van der Waals surface area contributed by atoms with Crippen molar-refractivity contribution >= 4 is 0 Å². The first kappa shape index (κ1) is 18.1. The molecule has 0 saturated carbocycles. The van der Waals surface area contributed by atoms with Crippen LogP contribution >= 0.6 is 0 Å². The Bertz CT molecular complexity index is 463. The van der Waals surface area contributed by atoms with Crippen LogP contribution in [0.25, 0.3) is 0 Å². The summed E-state index contributed by atoms with van der Waals surface area (Å²) in [6.07, 6.45) is 13.7. The topological polar surface area (TPSA) is 21.8 Å². The van der Waals surface area contributed by atoms with Gasteiger partial charge in [0, 0.05) is 0 Å². The van der Waals surface area contributed by atoms with Gasteiger partial charge in [0.15, 0.2) is 0 Å². The molecule has 0 aliphatic carbocycles. The minimum atomic E-state index is -0.0400. The van der Waals surface area contributed by atoms with Crippen LogP contribution in [0.3, 0.4) is 0 Å². The molecular formula is C21H32O2. The Hall–Kier alpha value is -1.28. The second kappa shape index (κ2) is 9.77. The van der Waals surface area contributed by atoms with E-state index in [2.05, 4.69) is 31.7 Å². The van der Waals surface area contributed by atoms with Crippen LogP contribution < -0.4 is 4.74 Å². The van der Waals surface area contributed by atoms with Crippen molar-refractivity contribution in [2.45, 2.75) is 70.3 Å². The number of hydrogen-bond acceptors (Lipinski definition) is 2. The van der Waals surface area contributed by atoms with Crippen LogP contribution in [-0.2, 0) is 11.2 Å². The zero-order chi connectivity index (χ0) is 16.4. The monoisotopic (exact) mass is 316 g/mol. The molecule has 1 fully saturated rings. The van der Waals surface area contributed by atoms with Gasteiger partial charge in [0.2, 0.25) is 0 Å². The number of aryl methyl sites for hydroxylation is 1. The van der Waals surface area contributed by atoms with Crippen LogP contribution in [0.2, 0.25) is 0 Å². The molecule has 23 heavy (non-hydrogen) atoms. The van der Waals surface area contributed by atoms with E-state index in [1.165, 1.54) is 56.9 Å². The summed E-state index contributed by atoms with van der Waals surface area (Å²) >= 11 is 0. The molecule has 0 aromatic heterocycles. The van der Waals surface area contributed by atoms with Crippen molar-refractivity contribution in [3.8, 4) is 5.75 Å². The first-order valence-corrected chi connectivity index (χ1v) is 9.18. The van der Waals surface area contributed by atoms with Crippen molar-refractivity contribution in [2.24, 2.45) is 0 Å². The van der Waals surface area contributed by atoms with Gasteiger partial charge in [0.25, 0.3) is 0 Å². The first-order chi connectivity index (χ1) is 11.2. The quantitative estimate of drug-likeness (QED) is 0.264. The third-order valence-corrected chi connectivity index (χ3v) is 4.45. The Morgan fingerprint density at radius 3 is 2.52 bits per heavy atom. The van der Waals surface area contributed by atoms with E-state index in [-0.39, 0.29) is 5.60 Å². The number of rotatable bonds is 13. The molecule has 1 saturated heterocycles. The van der Waals surface area contributed by atoms with Crippen molar-refractivity contribution in [2.75, 3.05) is 13.2 Å². The molecule has 1 aromatic carbocycles. The Balaban J connectivity index is 1.54. The minimum Gasteiger partial charge on any atom is -0.490 e. The fraction of sp³-hybridized carbons (Fsp3) is 0.619. The van der Waals surface area contributed by atoms with Crippen LogP contribution in [-0.4, -0.2) is 18.8 Å². The summed E-state index contributed by atoms with van der Waals surface area (Å²) in [5, 5.41) is 0. The van der Waals surface area contributed by atoms with Gasteiger partial charge in [-0.2, -0.15) is 0 Å². The summed E-state index contributed by atoms with van der Waals surface area (Å²) in [4.78, 5) is 0. The Morgan fingerprint density at radius 1 is 1.13 bits per heavy atom. The van der Waals surface area contributed by atoms with Crippen molar-refractivity contribution in [1.82, 2.24) is 0 Å². The molecule has 128 valence electrons. The third kappa shape index (κ3) is 7.69. The van der Waals surface area contributed by atoms with Crippen LogP contribution in [0.5, 0.6) is 5.75 Å². The summed E-state index contributed by atoms with van der Waals surface area (Å²) < 4.78 is 11.2. The second-order valence-corrected chi connectivity index (χ2v) is 6.98. The molecule has 1 aromatic rings. The smallest absolute Gasteiger partial charge is 0.123 e. The number of epoxide rings is 1. The highest BCUT2D eigenvalue weighted by Crippen LogP contribution is 2.27. The Morgan fingerprint density at radius 2 is 1.83 bits per heavy atom. The van der Waals surface area contributed by atoms with Gasteiger partial charge < -0.3 is 9.47 Å². The highest BCUT2D eigenvalue weighted by Gasteiger charge is 2.40. The van der Waals surface area contributed by atoms with E-state index < -0.39 is 0 Å². The van der Waals surface area contributed by atoms with Gasteiger partial charge in [-0.3, -0.25) is 0 Å². The Labute approximate surface area is 141 Å². The predicted molar refractivity (Wildman–Crippen MR) is 97.1 cm³/mol. The zero-order valence-corrected chi connectivity index (χ0v) is 14.7. The molecular weight excluding hydrogens is 284 g/mol. The lowest BCUT2D eigenvalue weighted by atomic mass is 10.0. The Kier molecular flexibility index (Phi) is 7.67. The number of benzene rings is 1. The van der Waals surface area contributed by atoms with Crippen molar-refractivity contribution in [1.29, 1.82) is 0 Å². The molecule has 0 bridgehead atoms. The molecule has 1 heterocycles. The lowest BCUT2D eigenvalue weighted by molar-refractivity contribution is 0.202. The van der Waals surface area contributed by atoms with Gasteiger partial charge in [0.05, 0.1) is 6.61 Å². The third-order valence-electron chi connectivity index (χ3n) is 4.45. The molecule has 0 amide bonds. The van der Waals surface area contributed by atoms with E-state index in [0.717, 1.165) is 18.8 Å². The maximum Gasteiger partial charge on any atom is 0.123 e. The van der Waals surface area contributed by atoms with Crippen LogP contribution in [0.1, 0.15) is 63.9 Å². The maximum absolute atomic E-state index is 5.83. The highest BCUT2D eigenvalue weighted by atomic mass is 16.6. The largest absolute Gasteiger partial charge is 0.490 e.